The van der Waals surface area contributed by atoms with Crippen LogP contribution >= 0.6 is 0 Å². The zero-order chi connectivity index (χ0) is 25.0. The Kier molecular flexibility index (Phi) is 8.46. The van der Waals surface area contributed by atoms with Crippen LogP contribution in [0.1, 0.15) is 81.4 Å². The molecule has 3 heterocycles. The van der Waals surface area contributed by atoms with Crippen molar-refractivity contribution in [3.05, 3.63) is 22.9 Å². The molecule has 0 saturated carbocycles. The Balaban J connectivity index is 2.14. The highest BCUT2D eigenvalue weighted by Crippen LogP contribution is 2.29. The molecule has 0 aliphatic carbocycles. The van der Waals surface area contributed by atoms with Gasteiger partial charge < -0.3 is 24.4 Å². The van der Waals surface area contributed by atoms with Gasteiger partial charge in [0, 0.05) is 38.3 Å². The van der Waals surface area contributed by atoms with Gasteiger partial charge in [-0.3, -0.25) is 4.79 Å². The number of likely N-dealkylation sites (tertiary alicyclic amines) is 1. The molecule has 34 heavy (non-hydrogen) atoms. The first-order chi connectivity index (χ1) is 16.0. The van der Waals surface area contributed by atoms with E-state index in [0.717, 1.165) is 43.5 Å². The maximum Gasteiger partial charge on any atom is 0.407 e. The third-order valence-electron chi connectivity index (χ3n) is 6.36. The van der Waals surface area contributed by atoms with Crippen molar-refractivity contribution in [1.29, 1.82) is 0 Å². The van der Waals surface area contributed by atoms with Crippen LogP contribution in [-0.4, -0.2) is 80.1 Å². The van der Waals surface area contributed by atoms with E-state index in [-0.39, 0.29) is 18.5 Å². The van der Waals surface area contributed by atoms with Gasteiger partial charge in [0.25, 0.3) is 5.91 Å². The molecule has 188 valence electrons. The molecule has 3 rings (SSSR count). The highest BCUT2D eigenvalue weighted by atomic mass is 32.2. The van der Waals surface area contributed by atoms with Gasteiger partial charge in [-0.15, -0.1) is 0 Å². The number of nitrogens with zero attached hydrogens (tertiary/aromatic N) is 5. The number of aromatic nitrogens is 1. The van der Waals surface area contributed by atoms with Gasteiger partial charge in [0.2, 0.25) is 0 Å². The van der Waals surface area contributed by atoms with Gasteiger partial charge in [0.1, 0.15) is 21.9 Å². The molecule has 2 aliphatic rings. The molecule has 2 saturated heterocycles. The molecular weight excluding hydrogens is 454 g/mol. The van der Waals surface area contributed by atoms with Crippen molar-refractivity contribution in [2.24, 2.45) is 4.40 Å². The van der Waals surface area contributed by atoms with E-state index in [9.17, 15) is 19.2 Å². The van der Waals surface area contributed by atoms with Gasteiger partial charge in [0.05, 0.1) is 24.0 Å². The van der Waals surface area contributed by atoms with Crippen LogP contribution < -0.4 is 4.90 Å². The topological polar surface area (TPSA) is 112 Å². The molecule has 1 aromatic rings. The van der Waals surface area contributed by atoms with E-state index in [4.69, 9.17) is 4.98 Å². The zero-order valence-electron chi connectivity index (χ0n) is 20.9. The molecule has 1 unspecified atom stereocenters. The molecular formula is C24H37N5O4S. The summed E-state index contributed by atoms with van der Waals surface area (Å²) in [6.45, 7) is 9.82. The van der Waals surface area contributed by atoms with Crippen molar-refractivity contribution in [3.8, 4) is 0 Å². The Morgan fingerprint density at radius 2 is 1.94 bits per heavy atom. The second-order valence-electron chi connectivity index (χ2n) is 10.2. The lowest BCUT2D eigenvalue weighted by molar-refractivity contribution is 0.0724. The van der Waals surface area contributed by atoms with E-state index >= 15 is 0 Å². The molecule has 10 heteroatoms. The monoisotopic (exact) mass is 491 g/mol. The molecule has 0 spiro atoms. The summed E-state index contributed by atoms with van der Waals surface area (Å²) >= 11 is -1.53. The van der Waals surface area contributed by atoms with Crippen molar-refractivity contribution in [1.82, 2.24) is 14.8 Å². The highest BCUT2D eigenvalue weighted by molar-refractivity contribution is 7.91. The number of hydrogen-bond acceptors (Lipinski definition) is 6. The smallest absolute Gasteiger partial charge is 0.407 e. The number of carbonyl (C=O) groups excluding carboxylic acids is 1. The maximum absolute atomic E-state index is 13.7. The molecule has 2 aliphatic heterocycles. The fourth-order valence-electron chi connectivity index (χ4n) is 4.27. The van der Waals surface area contributed by atoms with Gasteiger partial charge in [-0.05, 0) is 65.9 Å². The highest BCUT2D eigenvalue weighted by Gasteiger charge is 2.30. The quantitative estimate of drug-likeness (QED) is 0.480. The average molecular weight is 492 g/mol. The van der Waals surface area contributed by atoms with Crippen LogP contribution in [0.5, 0.6) is 0 Å². The third-order valence-corrected chi connectivity index (χ3v) is 7.70. The second kappa shape index (κ2) is 10.9. The third kappa shape index (κ3) is 6.21. The minimum Gasteiger partial charge on any atom is -0.591 e. The lowest BCUT2D eigenvalue weighted by Crippen LogP contribution is -2.37. The van der Waals surface area contributed by atoms with Crippen LogP contribution in [0.2, 0.25) is 0 Å². The van der Waals surface area contributed by atoms with E-state index in [1.54, 1.807) is 0 Å². The predicted octanol–water partition coefficient (Wildman–Crippen LogP) is 3.69. The van der Waals surface area contributed by atoms with Crippen LogP contribution in [0.4, 0.5) is 10.6 Å². The summed E-state index contributed by atoms with van der Waals surface area (Å²) in [6.07, 6.45) is 5.45. The first-order valence-corrected chi connectivity index (χ1v) is 13.1. The molecule has 2 amide bonds. The van der Waals surface area contributed by atoms with E-state index in [1.807, 2.05) is 31.7 Å². The molecule has 0 radical (unpaired) electrons. The minimum atomic E-state index is -1.53. The summed E-state index contributed by atoms with van der Waals surface area (Å²) in [6, 6.07) is 2.09. The van der Waals surface area contributed by atoms with Crippen molar-refractivity contribution < 1.29 is 19.2 Å². The number of carboxylic acid groups (broad SMARTS) is 1. The SMILES string of the molecule is C[C@@H]1CCCN1c1cc(C(=O)N2CCCCC2)c(/C=N/[S+]([O-])C(C)(C)C)c(CN(C)C(=O)O)n1. The van der Waals surface area contributed by atoms with E-state index < -0.39 is 22.2 Å². The predicted molar refractivity (Wildman–Crippen MR) is 135 cm³/mol. The van der Waals surface area contributed by atoms with E-state index in [0.29, 0.717) is 35.7 Å². The summed E-state index contributed by atoms with van der Waals surface area (Å²) in [4.78, 5) is 35.3. The molecule has 0 aromatic carbocycles. The molecule has 0 bridgehead atoms. The van der Waals surface area contributed by atoms with Gasteiger partial charge in [0.15, 0.2) is 0 Å². The largest absolute Gasteiger partial charge is 0.591 e. The van der Waals surface area contributed by atoms with E-state index in [1.165, 1.54) is 13.3 Å². The lowest BCUT2D eigenvalue weighted by Gasteiger charge is -2.29. The van der Waals surface area contributed by atoms with Crippen molar-refractivity contribution in [2.75, 3.05) is 31.6 Å². The van der Waals surface area contributed by atoms with Gasteiger partial charge in [-0.1, -0.05) is 4.40 Å². The first kappa shape index (κ1) is 26.3. The van der Waals surface area contributed by atoms with Crippen LogP contribution in [0, 0.1) is 0 Å². The van der Waals surface area contributed by atoms with E-state index in [2.05, 4.69) is 16.2 Å². The summed E-state index contributed by atoms with van der Waals surface area (Å²) in [5, 5.41) is 9.49. The number of carbonyl (C=O) groups is 2. The fourth-order valence-corrected chi connectivity index (χ4v) is 4.79. The van der Waals surface area contributed by atoms with Crippen LogP contribution in [0.15, 0.2) is 10.5 Å². The summed E-state index contributed by atoms with van der Waals surface area (Å²) in [7, 11) is 1.47. The Hall–Kier alpha value is -2.33. The number of piperidine rings is 1. The molecule has 1 aromatic heterocycles. The van der Waals surface area contributed by atoms with Crippen molar-refractivity contribution >= 4 is 35.4 Å². The number of hydrogen-bond donors (Lipinski definition) is 1. The summed E-state index contributed by atoms with van der Waals surface area (Å²) in [5.74, 6) is 0.561. The minimum absolute atomic E-state index is 0.00478. The Labute approximate surface area is 205 Å². The molecule has 1 N–H and O–H groups in total. The van der Waals surface area contributed by atoms with Gasteiger partial charge >= 0.3 is 6.09 Å². The summed E-state index contributed by atoms with van der Waals surface area (Å²) in [5.41, 5.74) is 1.32. The van der Waals surface area contributed by atoms with Crippen molar-refractivity contribution in [2.45, 2.75) is 77.1 Å². The standard InChI is InChI=1S/C24H37N5O4S/c1-17-10-9-13-29(17)21-14-18(22(30)28-11-7-6-8-12-28)19(15-25-34(33)24(2,3)4)20(26-21)16-27(5)23(31)32/h14-15,17H,6-13,16H2,1-5H3,(H,31,32)/b25-15+/t17-,34?/m1/s1. The molecule has 9 nitrogen and oxygen atoms in total. The number of anilines is 1. The maximum atomic E-state index is 13.7. The van der Waals surface area contributed by atoms with Crippen LogP contribution in [-0.2, 0) is 17.9 Å². The molecule has 2 atom stereocenters. The van der Waals surface area contributed by atoms with Gasteiger partial charge in [-0.25, -0.2) is 9.78 Å². The molecule has 2 fully saturated rings. The number of rotatable bonds is 6. The Morgan fingerprint density at radius 1 is 1.26 bits per heavy atom. The second-order valence-corrected chi connectivity index (χ2v) is 12.1. The van der Waals surface area contributed by atoms with Gasteiger partial charge in [-0.2, -0.15) is 0 Å². The lowest BCUT2D eigenvalue weighted by atomic mass is 10.0. The number of pyridine rings is 1. The normalized spacial score (nSPS) is 20.1. The Bertz CT molecular complexity index is 927. The zero-order valence-corrected chi connectivity index (χ0v) is 21.7. The number of amides is 2. The Morgan fingerprint density at radius 3 is 2.50 bits per heavy atom. The van der Waals surface area contributed by atoms with Crippen LogP contribution in [0.3, 0.4) is 0 Å². The first-order valence-electron chi connectivity index (χ1n) is 12.0. The van der Waals surface area contributed by atoms with Crippen LogP contribution in [0.25, 0.3) is 0 Å². The fraction of sp³-hybridized carbons (Fsp3) is 0.667. The summed E-state index contributed by atoms with van der Waals surface area (Å²) < 4.78 is 16.4. The average Bonchev–Trinajstić information content (AvgIpc) is 3.22. The van der Waals surface area contributed by atoms with Crippen molar-refractivity contribution in [3.63, 3.8) is 0 Å².